The van der Waals surface area contributed by atoms with Crippen molar-refractivity contribution in [1.29, 1.82) is 0 Å². The number of phosphoric ester groups is 1. The number of carbonyl (C=O) groups excluding carboxylic acids is 3. The van der Waals surface area contributed by atoms with Gasteiger partial charge in [0, 0.05) is 19.3 Å². The third-order valence-corrected chi connectivity index (χ3v) is 20.9. The van der Waals surface area contributed by atoms with Gasteiger partial charge < -0.3 is 89.1 Å². The highest BCUT2D eigenvalue weighted by atomic mass is 31.2. The molecular weight excluding hydrogens is 1320 g/mol. The molecule has 2 aliphatic heterocycles. The van der Waals surface area contributed by atoms with Gasteiger partial charge in [-0.1, -0.05) is 290 Å². The summed E-state index contributed by atoms with van der Waals surface area (Å²) in [5.74, 6) is -1.97. The summed E-state index contributed by atoms with van der Waals surface area (Å²) in [6.45, 7) is 3.49. The molecule has 1 saturated carbocycles. The third kappa shape index (κ3) is 39.5. The fourth-order valence-corrected chi connectivity index (χ4v) is 14.4. The molecule has 18 unspecified atom stereocenters. The molecule has 11 N–H and O–H groups in total. The smallest absolute Gasteiger partial charge is 0.463 e. The molecular formula is C75H141O24P. The van der Waals surface area contributed by atoms with Crippen molar-refractivity contribution in [1.82, 2.24) is 0 Å². The summed E-state index contributed by atoms with van der Waals surface area (Å²) in [5, 5.41) is 110. The number of hydrogen-bond donors (Lipinski definition) is 11. The SMILES string of the molecule is CCCCCCCCCCCCCCCCCCCC(=O)OCC1OC(OC2C(O)C(O)C(O)C(OC3OC(CO)C(O)C(O)C3O)C2OP(=O)(O)OCC(COC(=O)CCCCCCCCCCCCCCCCCC)OC(=O)CCCCCCCCCCCCCC)C(O)C(O)C1O. The van der Waals surface area contributed by atoms with Crippen molar-refractivity contribution in [2.75, 3.05) is 26.4 Å². The molecule has 0 aromatic heterocycles. The molecule has 0 aromatic carbocycles. The normalized spacial score (nSPS) is 27.3. The monoisotopic (exact) mass is 1460 g/mol. The van der Waals surface area contributed by atoms with E-state index in [1.54, 1.807) is 0 Å². The first-order valence-electron chi connectivity index (χ1n) is 39.8. The van der Waals surface area contributed by atoms with E-state index in [1.165, 1.54) is 180 Å². The Morgan fingerprint density at radius 1 is 0.350 bits per heavy atom. The van der Waals surface area contributed by atoms with E-state index in [2.05, 4.69) is 20.8 Å². The summed E-state index contributed by atoms with van der Waals surface area (Å²) in [4.78, 5) is 51.1. The van der Waals surface area contributed by atoms with E-state index < -0.39 is 156 Å². The van der Waals surface area contributed by atoms with Crippen LogP contribution in [0.25, 0.3) is 0 Å². The van der Waals surface area contributed by atoms with Crippen molar-refractivity contribution in [3.8, 4) is 0 Å². The first-order valence-corrected chi connectivity index (χ1v) is 41.3. The van der Waals surface area contributed by atoms with Gasteiger partial charge in [0.05, 0.1) is 13.2 Å². The zero-order valence-electron chi connectivity index (χ0n) is 61.8. The van der Waals surface area contributed by atoms with Crippen LogP contribution in [0.15, 0.2) is 0 Å². The van der Waals surface area contributed by atoms with E-state index in [0.717, 1.165) is 89.9 Å². The number of rotatable bonds is 63. The molecule has 3 aliphatic rings. The molecule has 0 bridgehead atoms. The van der Waals surface area contributed by atoms with Gasteiger partial charge in [-0.05, 0) is 19.3 Å². The number of hydrogen-bond acceptors (Lipinski definition) is 23. The van der Waals surface area contributed by atoms with E-state index in [-0.39, 0.29) is 19.3 Å². The van der Waals surface area contributed by atoms with Crippen LogP contribution in [0.1, 0.15) is 329 Å². The number of unbranched alkanes of at least 4 members (excludes halogenated alkanes) is 42. The predicted octanol–water partition coefficient (Wildman–Crippen LogP) is 11.7. The summed E-state index contributed by atoms with van der Waals surface area (Å²) < 4.78 is 65.1. The average Bonchev–Trinajstić information content (AvgIpc) is 0.762. The molecule has 2 saturated heterocycles. The second kappa shape index (κ2) is 57.2. The molecule has 24 nitrogen and oxygen atoms in total. The zero-order chi connectivity index (χ0) is 73.2. The minimum absolute atomic E-state index is 0.0335. The molecule has 3 fully saturated rings. The highest BCUT2D eigenvalue weighted by molar-refractivity contribution is 7.47. The Hall–Kier alpha value is -2.04. The largest absolute Gasteiger partial charge is 0.472 e. The van der Waals surface area contributed by atoms with E-state index in [9.17, 15) is 74.9 Å². The molecule has 0 aromatic rings. The number of ether oxygens (including phenoxy) is 7. The van der Waals surface area contributed by atoms with Crippen molar-refractivity contribution >= 4 is 25.7 Å². The van der Waals surface area contributed by atoms with Crippen molar-refractivity contribution in [2.24, 2.45) is 0 Å². The van der Waals surface area contributed by atoms with Gasteiger partial charge in [-0.3, -0.25) is 23.4 Å². The van der Waals surface area contributed by atoms with Crippen LogP contribution >= 0.6 is 7.82 Å². The van der Waals surface area contributed by atoms with Gasteiger partial charge in [-0.15, -0.1) is 0 Å². The standard InChI is InChI=1S/C75H141O24P/c1-4-7-10-13-16-19-22-25-27-29-31-33-36-38-41-44-47-50-60(78)92-55-58-63(81)65(83)70(88)75(96-58)98-72-68(86)66(84)67(85)71(97-74-69(87)64(82)62(80)57(52-76)95-74)73(72)99-100(89,90)93-54-56(94-61(79)51-48-45-42-39-34-24-21-18-15-12-9-6-3)53-91-59(77)49-46-43-40-37-35-32-30-28-26-23-20-17-14-11-8-5-2/h56-58,62-76,80-88H,4-55H2,1-3H3,(H,89,90). The van der Waals surface area contributed by atoms with E-state index >= 15 is 0 Å². The molecule has 18 atom stereocenters. The Kier molecular flexibility index (Phi) is 52.7. The van der Waals surface area contributed by atoms with Crippen LogP contribution in [0, 0.1) is 0 Å². The first-order chi connectivity index (χ1) is 48.3. The lowest BCUT2D eigenvalue weighted by Crippen LogP contribution is -2.69. The lowest BCUT2D eigenvalue weighted by atomic mass is 9.84. The Labute approximate surface area is 600 Å². The Morgan fingerprint density at radius 3 is 0.980 bits per heavy atom. The Bertz CT molecular complexity index is 2060. The summed E-state index contributed by atoms with van der Waals surface area (Å²) in [6, 6.07) is 0. The van der Waals surface area contributed by atoms with Crippen molar-refractivity contribution < 1.29 is 117 Å². The molecule has 0 spiro atoms. The Morgan fingerprint density at radius 2 is 0.640 bits per heavy atom. The fourth-order valence-electron chi connectivity index (χ4n) is 13.4. The van der Waals surface area contributed by atoms with Crippen LogP contribution < -0.4 is 0 Å². The van der Waals surface area contributed by atoms with E-state index in [0.29, 0.717) is 19.3 Å². The van der Waals surface area contributed by atoms with Crippen molar-refractivity contribution in [2.45, 2.75) is 433 Å². The molecule has 3 rings (SSSR count). The summed E-state index contributed by atoms with van der Waals surface area (Å²) >= 11 is 0. The maximum absolute atomic E-state index is 14.3. The number of aliphatic hydroxyl groups is 10. The highest BCUT2D eigenvalue weighted by Crippen LogP contribution is 2.49. The van der Waals surface area contributed by atoms with Gasteiger partial charge in [0.25, 0.3) is 0 Å². The van der Waals surface area contributed by atoms with Crippen LogP contribution in [0.2, 0.25) is 0 Å². The first kappa shape index (κ1) is 92.2. The fraction of sp³-hybridized carbons (Fsp3) is 0.960. The van der Waals surface area contributed by atoms with Crippen LogP contribution in [-0.2, 0) is 61.2 Å². The molecule has 1 aliphatic carbocycles. The molecule has 590 valence electrons. The minimum atomic E-state index is -5.69. The molecule has 25 heteroatoms. The molecule has 0 amide bonds. The summed E-state index contributed by atoms with van der Waals surface area (Å²) in [6.07, 6.45) is 15.8. The molecule has 100 heavy (non-hydrogen) atoms. The van der Waals surface area contributed by atoms with Crippen LogP contribution in [0.5, 0.6) is 0 Å². The number of phosphoric acid groups is 1. The topological polar surface area (TPSA) is 374 Å². The van der Waals surface area contributed by atoms with Crippen LogP contribution in [-0.4, -0.2) is 204 Å². The number of esters is 3. The van der Waals surface area contributed by atoms with Gasteiger partial charge in [0.15, 0.2) is 18.7 Å². The maximum atomic E-state index is 14.3. The summed E-state index contributed by atoms with van der Waals surface area (Å²) in [5.41, 5.74) is 0. The minimum Gasteiger partial charge on any atom is -0.463 e. The summed E-state index contributed by atoms with van der Waals surface area (Å²) in [7, 11) is -5.69. The Balaban J connectivity index is 1.69. The number of carbonyl (C=O) groups is 3. The average molecular weight is 1460 g/mol. The third-order valence-electron chi connectivity index (χ3n) is 19.9. The van der Waals surface area contributed by atoms with E-state index in [4.69, 9.17) is 42.2 Å². The van der Waals surface area contributed by atoms with Crippen molar-refractivity contribution in [3.63, 3.8) is 0 Å². The van der Waals surface area contributed by atoms with E-state index in [1.807, 2.05) is 0 Å². The van der Waals surface area contributed by atoms with Crippen LogP contribution in [0.4, 0.5) is 0 Å². The zero-order valence-corrected chi connectivity index (χ0v) is 62.7. The second-order valence-corrected chi connectivity index (χ2v) is 30.2. The van der Waals surface area contributed by atoms with Gasteiger partial charge in [0.1, 0.15) is 98.7 Å². The predicted molar refractivity (Wildman–Crippen MR) is 379 cm³/mol. The van der Waals surface area contributed by atoms with Crippen LogP contribution in [0.3, 0.4) is 0 Å². The maximum Gasteiger partial charge on any atom is 0.472 e. The van der Waals surface area contributed by atoms with Gasteiger partial charge in [0.2, 0.25) is 0 Å². The lowest BCUT2D eigenvalue weighted by Gasteiger charge is -2.49. The molecule has 0 radical (unpaired) electrons. The van der Waals surface area contributed by atoms with Crippen molar-refractivity contribution in [3.05, 3.63) is 0 Å². The van der Waals surface area contributed by atoms with Gasteiger partial charge in [-0.25, -0.2) is 4.57 Å². The molecule has 2 heterocycles. The highest BCUT2D eigenvalue weighted by Gasteiger charge is 2.58. The van der Waals surface area contributed by atoms with Gasteiger partial charge >= 0.3 is 25.7 Å². The second-order valence-electron chi connectivity index (χ2n) is 28.8. The number of aliphatic hydroxyl groups excluding tert-OH is 10. The van der Waals surface area contributed by atoms with Gasteiger partial charge in [-0.2, -0.15) is 0 Å². The lowest BCUT2D eigenvalue weighted by molar-refractivity contribution is -0.360. The quantitative estimate of drug-likeness (QED) is 0.0117.